The molecule has 8 heterocycles. The fraction of sp³-hybridized carbons (Fsp3) is 0.333. The highest BCUT2D eigenvalue weighted by molar-refractivity contribution is 8.00. The maximum Gasteiger partial charge on any atom is 0.255 e. The second kappa shape index (κ2) is 24.1. The zero-order valence-corrected chi connectivity index (χ0v) is 49.4. The lowest BCUT2D eigenvalue weighted by Crippen LogP contribution is -2.44. The molecule has 2 aliphatic rings. The fourth-order valence-electron chi connectivity index (χ4n) is 9.41. The highest BCUT2D eigenvalue weighted by atomic mass is 32.2. The molecule has 10 rings (SSSR count). The number of carbonyl (C=O) groups excluding carboxylic acids is 2. The van der Waals surface area contributed by atoms with Gasteiger partial charge in [0.25, 0.3) is 11.8 Å². The van der Waals surface area contributed by atoms with E-state index in [1.807, 2.05) is 141 Å². The summed E-state index contributed by atoms with van der Waals surface area (Å²) in [6, 6.07) is 30.9. The van der Waals surface area contributed by atoms with E-state index in [0.29, 0.717) is 29.1 Å². The highest BCUT2D eigenvalue weighted by Crippen LogP contribution is 2.49. The number of hydrogen-bond donors (Lipinski definition) is 5. The summed E-state index contributed by atoms with van der Waals surface area (Å²) < 4.78 is 10.4. The SMILES string of the molecule is Cc1cc(C(=O)Nc2cccnc2C)ccc1[C@@H]1SC[C@@H](CO)Nc2c1c(-c1ccccn1)nn2C.Cc1cc(C(=O)Nc2cccnc2C)ccc1[C@@H]1SC[C@@H](CO[Si](C)(C)C(C)(C)C)Nc2c1c(-c1ccccn1)nn2C. The van der Waals surface area contributed by atoms with E-state index in [-0.39, 0.29) is 46.0 Å². The van der Waals surface area contributed by atoms with E-state index in [1.165, 1.54) is 0 Å². The predicted octanol–water partition coefficient (Wildman–Crippen LogP) is 11.7. The maximum absolute atomic E-state index is 13.2. The van der Waals surface area contributed by atoms with Crippen molar-refractivity contribution in [3.8, 4) is 22.8 Å². The smallest absolute Gasteiger partial charge is 0.255 e. The lowest BCUT2D eigenvalue weighted by atomic mass is 9.96. The van der Waals surface area contributed by atoms with Crippen LogP contribution in [0.4, 0.5) is 23.0 Å². The number of rotatable bonds is 12. The van der Waals surface area contributed by atoms with E-state index in [2.05, 4.69) is 88.1 Å². The van der Waals surface area contributed by atoms with Crippen molar-refractivity contribution in [1.29, 1.82) is 0 Å². The van der Waals surface area contributed by atoms with E-state index in [1.54, 1.807) is 42.6 Å². The molecule has 0 aliphatic carbocycles. The summed E-state index contributed by atoms with van der Waals surface area (Å²) in [6.45, 7) is 19.9. The molecule has 0 spiro atoms. The minimum Gasteiger partial charge on any atom is -0.415 e. The molecule has 2 aliphatic heterocycles. The number of hydrogen-bond acceptors (Lipinski definition) is 14. The number of nitrogens with one attached hydrogen (secondary N) is 4. The number of aliphatic hydroxyl groups excluding tert-OH is 1. The minimum atomic E-state index is -1.92. The van der Waals surface area contributed by atoms with Gasteiger partial charge < -0.3 is 30.8 Å². The Hall–Kier alpha value is -7.16. The van der Waals surface area contributed by atoms with E-state index >= 15 is 0 Å². The molecule has 16 nitrogen and oxygen atoms in total. The van der Waals surface area contributed by atoms with Gasteiger partial charge in [-0.15, -0.1) is 23.5 Å². The first-order valence-corrected chi connectivity index (χ1v) is 31.5. The quantitative estimate of drug-likeness (QED) is 0.0724. The third-order valence-corrected chi connectivity index (χ3v) is 22.3. The topological polar surface area (TPSA) is 199 Å². The van der Waals surface area contributed by atoms with Crippen molar-refractivity contribution in [3.63, 3.8) is 0 Å². The normalized spacial score (nSPS) is 17.1. The van der Waals surface area contributed by atoms with Gasteiger partial charge in [0.05, 0.1) is 69.9 Å². The van der Waals surface area contributed by atoms with E-state index < -0.39 is 8.32 Å². The lowest BCUT2D eigenvalue weighted by Gasteiger charge is -2.37. The van der Waals surface area contributed by atoms with Gasteiger partial charge >= 0.3 is 0 Å². The maximum atomic E-state index is 13.2. The van der Waals surface area contributed by atoms with E-state index in [0.717, 1.165) is 90.7 Å². The van der Waals surface area contributed by atoms with Gasteiger partial charge in [-0.3, -0.25) is 38.9 Å². The van der Waals surface area contributed by atoms with Crippen molar-refractivity contribution in [2.45, 2.75) is 89.2 Å². The molecule has 410 valence electrons. The summed E-state index contributed by atoms with van der Waals surface area (Å²) in [5, 5.41) is 33.0. The van der Waals surface area contributed by atoms with Gasteiger partial charge in [-0.25, -0.2) is 0 Å². The summed E-state index contributed by atoms with van der Waals surface area (Å²) >= 11 is 3.64. The molecule has 6 aromatic heterocycles. The Balaban J connectivity index is 0.000000195. The van der Waals surface area contributed by atoms with Crippen LogP contribution in [0.5, 0.6) is 0 Å². The number of amides is 2. The van der Waals surface area contributed by atoms with Crippen LogP contribution in [0.2, 0.25) is 18.1 Å². The van der Waals surface area contributed by atoms with Gasteiger partial charge in [0.2, 0.25) is 0 Å². The number of benzene rings is 2. The number of aromatic nitrogens is 8. The largest absolute Gasteiger partial charge is 0.415 e. The molecule has 19 heteroatoms. The molecular weight excluding hydrogens is 1040 g/mol. The zero-order chi connectivity index (χ0) is 56.2. The van der Waals surface area contributed by atoms with Gasteiger partial charge in [0.15, 0.2) is 8.32 Å². The minimum absolute atomic E-state index is 0.0104. The Kier molecular flexibility index (Phi) is 17.2. The average molecular weight is 1120 g/mol. The van der Waals surface area contributed by atoms with Gasteiger partial charge in [-0.2, -0.15) is 10.2 Å². The van der Waals surface area contributed by atoms with Crippen LogP contribution in [0.1, 0.15) is 96.8 Å². The molecule has 0 unspecified atom stereocenters. The molecule has 0 saturated carbocycles. The molecule has 79 heavy (non-hydrogen) atoms. The number of anilines is 4. The molecule has 4 atom stereocenters. The number of nitrogens with zero attached hydrogens (tertiary/aromatic N) is 8. The first kappa shape index (κ1) is 56.6. The molecule has 0 bridgehead atoms. The summed E-state index contributed by atoms with van der Waals surface area (Å²) in [7, 11) is 1.97. The average Bonchev–Trinajstić information content (AvgIpc) is 4.04. The molecule has 0 radical (unpaired) electrons. The van der Waals surface area contributed by atoms with Crippen molar-refractivity contribution >= 4 is 66.7 Å². The third kappa shape index (κ3) is 12.5. The van der Waals surface area contributed by atoms with Crippen LogP contribution in [0.15, 0.2) is 122 Å². The standard InChI is InChI=1S/C33H42N6O2SSi.C27H28N6O2S/c1-21-18-23(32(40)37-26-13-11-17-34-22(26)2)14-15-25(21)30-28-29(27-12-9-10-16-35-27)38-39(6)31(28)36-24(20-42-30)19-41-43(7,8)33(3,4)5;1-16-13-18(27(35)31-21-8-6-12-28-17(21)2)9-10-20(16)25-23-24(22-7-4-5-11-29-22)32-33(3)26(23)30-19(14-34)15-36-25/h9-18,24,30,36H,19-20H2,1-8H3,(H,37,40);4-13,19,25,30,34H,14-15H2,1-3H3,(H,31,35)/t24-,30+;19-,25+/m11/s1. The second-order valence-corrected chi connectivity index (χ2v) is 28.7. The highest BCUT2D eigenvalue weighted by Gasteiger charge is 2.39. The van der Waals surface area contributed by atoms with Gasteiger partial charge in [-0.1, -0.05) is 45.0 Å². The number of aliphatic hydroxyl groups is 1. The molecule has 2 aromatic carbocycles. The predicted molar refractivity (Wildman–Crippen MR) is 323 cm³/mol. The van der Waals surface area contributed by atoms with Crippen LogP contribution in [-0.4, -0.2) is 102 Å². The van der Waals surface area contributed by atoms with Gasteiger partial charge in [-0.05, 0) is 141 Å². The lowest BCUT2D eigenvalue weighted by molar-refractivity contribution is 0.101. The number of aryl methyl sites for hydroxylation is 6. The van der Waals surface area contributed by atoms with E-state index in [4.69, 9.17) is 14.6 Å². The monoisotopic (exact) mass is 1110 g/mol. The Morgan fingerprint density at radius 3 is 1.49 bits per heavy atom. The molecule has 0 fully saturated rings. The molecule has 0 saturated heterocycles. The molecule has 5 N–H and O–H groups in total. The molecule has 2 amide bonds. The Morgan fingerprint density at radius 1 is 0.646 bits per heavy atom. The Labute approximate surface area is 472 Å². The number of carbonyl (C=O) groups is 2. The Bertz CT molecular complexity index is 3480. The van der Waals surface area contributed by atoms with E-state index in [9.17, 15) is 14.7 Å². The summed E-state index contributed by atoms with van der Waals surface area (Å²) in [5.41, 5.74) is 13.9. The second-order valence-electron chi connectivity index (χ2n) is 21.6. The summed E-state index contributed by atoms with van der Waals surface area (Å²) in [5.74, 6) is 3.11. The van der Waals surface area contributed by atoms with Crippen LogP contribution in [0, 0.1) is 27.7 Å². The number of fused-ring (bicyclic) bond motifs is 2. The van der Waals surface area contributed by atoms with Crippen molar-refractivity contribution < 1.29 is 19.1 Å². The zero-order valence-electron chi connectivity index (χ0n) is 46.8. The first-order valence-electron chi connectivity index (χ1n) is 26.5. The summed E-state index contributed by atoms with van der Waals surface area (Å²) in [6.07, 6.45) is 7.00. The van der Waals surface area contributed by atoms with Crippen LogP contribution < -0.4 is 21.3 Å². The number of thioether (sulfide) groups is 2. The van der Waals surface area contributed by atoms with Crippen molar-refractivity contribution in [2.75, 3.05) is 46.0 Å². The van der Waals surface area contributed by atoms with Crippen LogP contribution in [-0.2, 0) is 18.5 Å². The molecule has 8 aromatic rings. The number of pyridine rings is 4. The van der Waals surface area contributed by atoms with Crippen molar-refractivity contribution in [2.24, 2.45) is 14.1 Å². The fourth-order valence-corrected chi connectivity index (χ4v) is 13.3. The molecular formula is C60H70N12O4S2Si. The van der Waals surface area contributed by atoms with Crippen LogP contribution >= 0.6 is 23.5 Å². The van der Waals surface area contributed by atoms with Gasteiger partial charge in [0, 0.05) is 72.6 Å². The Morgan fingerprint density at radius 2 is 1.09 bits per heavy atom. The van der Waals surface area contributed by atoms with Crippen molar-refractivity contribution in [3.05, 3.63) is 178 Å². The summed E-state index contributed by atoms with van der Waals surface area (Å²) in [4.78, 5) is 43.9. The van der Waals surface area contributed by atoms with Crippen LogP contribution in [0.25, 0.3) is 22.8 Å². The first-order chi connectivity index (χ1) is 37.8. The third-order valence-electron chi connectivity index (χ3n) is 14.9. The van der Waals surface area contributed by atoms with Crippen LogP contribution in [0.3, 0.4) is 0 Å². The van der Waals surface area contributed by atoms with Crippen molar-refractivity contribution in [1.82, 2.24) is 39.5 Å². The van der Waals surface area contributed by atoms with Gasteiger partial charge in [0.1, 0.15) is 23.0 Å².